The molecule has 0 saturated carbocycles. The van der Waals surface area contributed by atoms with Crippen molar-refractivity contribution in [1.29, 1.82) is 0 Å². The summed E-state index contributed by atoms with van der Waals surface area (Å²) in [7, 11) is 0. The van der Waals surface area contributed by atoms with Gasteiger partial charge in [-0.05, 0) is 125 Å². The van der Waals surface area contributed by atoms with Gasteiger partial charge in [0.2, 0.25) is 0 Å². The number of hydrogen-bond donors (Lipinski definition) is 3. The molecule has 0 spiro atoms. The van der Waals surface area contributed by atoms with E-state index in [1.165, 1.54) is 5.56 Å². The Hall–Kier alpha value is -2.91. The quantitative estimate of drug-likeness (QED) is 0.275. The summed E-state index contributed by atoms with van der Waals surface area (Å²) in [6.45, 7) is 7.70. The largest absolute Gasteiger partial charge is 0.506 e. The normalized spacial score (nSPS) is 22.7. The maximum absolute atomic E-state index is 14.1. The van der Waals surface area contributed by atoms with Crippen molar-refractivity contribution >= 4 is 55.5 Å². The van der Waals surface area contributed by atoms with Crippen LogP contribution in [0.5, 0.6) is 5.75 Å². The Kier molecular flexibility index (Phi) is 13.4. The van der Waals surface area contributed by atoms with Gasteiger partial charge in [0.15, 0.2) is 12.5 Å². The van der Waals surface area contributed by atoms with Gasteiger partial charge >= 0.3 is 12.1 Å². The van der Waals surface area contributed by atoms with Crippen LogP contribution in [0.4, 0.5) is 10.5 Å². The number of anilines is 1. The standard InChI is InChI=1S/C38H51Br2N5O7/c1-2-51-34(46)13-15-42-14-7-28(24-42)26-8-16-43(17-9-26)36(48)33(23-25-21-30(39)35(47)31(40)22-25)52-38(50)44-18-11-29(12-19-44)45-20-10-27-5-3-4-6-32(27)41-37(45)49/h3-6,21-22,26,28-29,33,37,41,47,49H,2,7-20,23-24H2,1H3/t28?,33-,37?/m1/s1. The number of ether oxygens (including phenoxy) is 2. The smallest absolute Gasteiger partial charge is 0.410 e. The van der Waals surface area contributed by atoms with Crippen molar-refractivity contribution in [3.05, 3.63) is 56.5 Å². The fourth-order valence-electron chi connectivity index (χ4n) is 8.29. The first-order valence-corrected chi connectivity index (χ1v) is 20.3. The van der Waals surface area contributed by atoms with Gasteiger partial charge in [-0.25, -0.2) is 4.79 Å². The Balaban J connectivity index is 1.04. The number of para-hydroxylation sites is 1. The number of amides is 2. The number of phenols is 1. The molecule has 14 heteroatoms. The van der Waals surface area contributed by atoms with E-state index in [0.717, 1.165) is 50.0 Å². The molecule has 0 aromatic heterocycles. The minimum atomic E-state index is -1.02. The number of halogens is 2. The van der Waals surface area contributed by atoms with E-state index in [1.807, 2.05) is 30.0 Å². The van der Waals surface area contributed by atoms with Crippen molar-refractivity contribution < 1.29 is 34.1 Å². The molecule has 0 aliphatic carbocycles. The molecule has 0 radical (unpaired) electrons. The molecule has 2 amide bonds. The molecule has 0 bridgehead atoms. The van der Waals surface area contributed by atoms with Gasteiger partial charge in [-0.15, -0.1) is 0 Å². The van der Waals surface area contributed by atoms with E-state index in [2.05, 4.69) is 53.0 Å². The number of piperidine rings is 2. The van der Waals surface area contributed by atoms with Crippen LogP contribution in [0.2, 0.25) is 0 Å². The number of carbonyl (C=O) groups excluding carboxylic acids is 3. The third-order valence-corrected chi connectivity index (χ3v) is 12.4. The van der Waals surface area contributed by atoms with E-state index in [1.54, 1.807) is 17.0 Å². The van der Waals surface area contributed by atoms with Crippen molar-refractivity contribution in [3.63, 3.8) is 0 Å². The van der Waals surface area contributed by atoms with E-state index in [4.69, 9.17) is 9.47 Å². The molecule has 6 rings (SSSR count). The van der Waals surface area contributed by atoms with E-state index in [-0.39, 0.29) is 30.1 Å². The van der Waals surface area contributed by atoms with Gasteiger partial charge in [-0.3, -0.25) is 14.5 Å². The fourth-order valence-corrected chi connectivity index (χ4v) is 9.57. The molecule has 2 unspecified atom stereocenters. The summed E-state index contributed by atoms with van der Waals surface area (Å²) in [5.74, 6) is 0.733. The molecule has 4 aliphatic heterocycles. The van der Waals surface area contributed by atoms with Gasteiger partial charge in [0.25, 0.3) is 5.91 Å². The number of carbonyl (C=O) groups is 3. The van der Waals surface area contributed by atoms with Gasteiger partial charge in [0.1, 0.15) is 5.75 Å². The topological polar surface area (TPSA) is 135 Å². The summed E-state index contributed by atoms with van der Waals surface area (Å²) in [6.07, 6.45) is 3.26. The molecule has 3 atom stereocenters. The molecule has 4 heterocycles. The number of aliphatic hydroxyl groups is 1. The van der Waals surface area contributed by atoms with Crippen molar-refractivity contribution in [3.8, 4) is 5.75 Å². The van der Waals surface area contributed by atoms with Crippen LogP contribution in [-0.2, 0) is 31.9 Å². The number of rotatable bonds is 10. The van der Waals surface area contributed by atoms with Crippen LogP contribution in [0.1, 0.15) is 56.6 Å². The lowest BCUT2D eigenvalue weighted by Crippen LogP contribution is -2.53. The Bertz CT molecular complexity index is 1540. The number of hydrogen-bond acceptors (Lipinski definition) is 10. The number of nitrogens with zero attached hydrogens (tertiary/aromatic N) is 4. The highest BCUT2D eigenvalue weighted by Crippen LogP contribution is 2.35. The van der Waals surface area contributed by atoms with E-state index < -0.39 is 18.5 Å². The Morgan fingerprint density at radius 3 is 2.31 bits per heavy atom. The van der Waals surface area contributed by atoms with Crippen LogP contribution in [0.25, 0.3) is 0 Å². The Morgan fingerprint density at radius 1 is 0.923 bits per heavy atom. The molecule has 12 nitrogen and oxygen atoms in total. The molecule has 52 heavy (non-hydrogen) atoms. The zero-order chi connectivity index (χ0) is 36.8. The average molecular weight is 850 g/mol. The predicted molar refractivity (Wildman–Crippen MR) is 204 cm³/mol. The second-order valence-corrected chi connectivity index (χ2v) is 16.1. The molecular weight excluding hydrogens is 798 g/mol. The summed E-state index contributed by atoms with van der Waals surface area (Å²) >= 11 is 6.79. The second kappa shape index (κ2) is 17.9. The highest BCUT2D eigenvalue weighted by Gasteiger charge is 2.38. The number of likely N-dealkylation sites (tertiary alicyclic amines) is 3. The van der Waals surface area contributed by atoms with Crippen LogP contribution in [0, 0.1) is 11.8 Å². The number of phenolic OH excluding ortho intramolecular Hbond substituents is 1. The highest BCUT2D eigenvalue weighted by atomic mass is 79.9. The van der Waals surface area contributed by atoms with Crippen LogP contribution < -0.4 is 5.32 Å². The van der Waals surface area contributed by atoms with Gasteiger partial charge in [0, 0.05) is 64.0 Å². The van der Waals surface area contributed by atoms with E-state index in [0.29, 0.717) is 85.9 Å². The monoisotopic (exact) mass is 847 g/mol. The summed E-state index contributed by atoms with van der Waals surface area (Å²) in [5, 5.41) is 24.5. The highest BCUT2D eigenvalue weighted by molar-refractivity contribution is 9.11. The number of aromatic hydroxyl groups is 1. The predicted octanol–water partition coefficient (Wildman–Crippen LogP) is 5.19. The molecule has 2 aromatic rings. The van der Waals surface area contributed by atoms with Crippen LogP contribution >= 0.6 is 31.9 Å². The maximum Gasteiger partial charge on any atom is 0.410 e. The summed E-state index contributed by atoms with van der Waals surface area (Å²) in [6, 6.07) is 11.6. The number of aliphatic hydroxyl groups excluding tert-OH is 1. The number of benzene rings is 2. The molecule has 3 fully saturated rings. The first kappa shape index (κ1) is 38.8. The van der Waals surface area contributed by atoms with Crippen LogP contribution in [-0.4, -0.2) is 125 Å². The maximum atomic E-state index is 14.1. The van der Waals surface area contributed by atoms with Crippen molar-refractivity contribution in [2.24, 2.45) is 11.8 Å². The summed E-state index contributed by atoms with van der Waals surface area (Å²) in [5.41, 5.74) is 2.86. The second-order valence-electron chi connectivity index (χ2n) is 14.4. The lowest BCUT2D eigenvalue weighted by atomic mass is 9.83. The fraction of sp³-hybridized carbons (Fsp3) is 0.605. The summed E-state index contributed by atoms with van der Waals surface area (Å²) in [4.78, 5) is 47.6. The molecular formula is C38H51Br2N5O7. The van der Waals surface area contributed by atoms with Gasteiger partial charge in [-0.1, -0.05) is 18.2 Å². The Labute approximate surface area is 323 Å². The molecule has 4 aliphatic rings. The molecule has 3 N–H and O–H groups in total. The van der Waals surface area contributed by atoms with Gasteiger partial charge in [0.05, 0.1) is 22.0 Å². The first-order valence-electron chi connectivity index (χ1n) is 18.7. The zero-order valence-corrected chi connectivity index (χ0v) is 33.0. The lowest BCUT2D eigenvalue weighted by molar-refractivity contribution is -0.143. The summed E-state index contributed by atoms with van der Waals surface area (Å²) < 4.78 is 12.1. The number of fused-ring (bicyclic) bond motifs is 1. The van der Waals surface area contributed by atoms with Gasteiger partial charge < -0.3 is 39.7 Å². The third kappa shape index (κ3) is 9.60. The minimum absolute atomic E-state index is 0.0635. The molecule has 284 valence electrons. The Morgan fingerprint density at radius 2 is 1.60 bits per heavy atom. The lowest BCUT2D eigenvalue weighted by Gasteiger charge is -2.40. The zero-order valence-electron chi connectivity index (χ0n) is 29.9. The van der Waals surface area contributed by atoms with Crippen LogP contribution in [0.3, 0.4) is 0 Å². The van der Waals surface area contributed by atoms with Crippen LogP contribution in [0.15, 0.2) is 45.3 Å². The number of esters is 1. The minimum Gasteiger partial charge on any atom is -0.506 e. The average Bonchev–Trinajstić information content (AvgIpc) is 3.55. The van der Waals surface area contributed by atoms with E-state index in [9.17, 15) is 24.6 Å². The SMILES string of the molecule is CCOC(=O)CCN1CCC(C2CCN(C(=O)[C@@H](Cc3cc(Br)c(O)c(Br)c3)OC(=O)N3CCC(N4CCc5ccccc5NC4O)CC3)CC2)C1. The van der Waals surface area contributed by atoms with Gasteiger partial charge in [-0.2, -0.15) is 0 Å². The third-order valence-electron chi connectivity index (χ3n) is 11.2. The molecule has 2 aromatic carbocycles. The first-order chi connectivity index (χ1) is 25.1. The number of nitrogens with one attached hydrogen (secondary N) is 1. The molecule has 3 saturated heterocycles. The van der Waals surface area contributed by atoms with E-state index >= 15 is 0 Å². The van der Waals surface area contributed by atoms with Crippen molar-refractivity contribution in [2.75, 3.05) is 64.3 Å². The van der Waals surface area contributed by atoms with Crippen molar-refractivity contribution in [2.45, 2.75) is 76.8 Å². The van der Waals surface area contributed by atoms with Crippen molar-refractivity contribution in [1.82, 2.24) is 19.6 Å².